The first-order chi connectivity index (χ1) is 9.15. The number of aryl methyl sites for hydroxylation is 1. The first-order valence-corrected chi connectivity index (χ1v) is 6.93. The van der Waals surface area contributed by atoms with Crippen LogP contribution in [0.1, 0.15) is 18.4 Å². The first-order valence-electron chi connectivity index (χ1n) is 6.93. The zero-order chi connectivity index (χ0) is 13.7. The molecule has 3 N–H and O–H groups in total. The van der Waals surface area contributed by atoms with Crippen molar-refractivity contribution in [1.82, 2.24) is 10.2 Å². The Morgan fingerprint density at radius 3 is 2.84 bits per heavy atom. The van der Waals surface area contributed by atoms with Crippen LogP contribution in [0.5, 0.6) is 0 Å². The summed E-state index contributed by atoms with van der Waals surface area (Å²) in [7, 11) is 2.07. The van der Waals surface area contributed by atoms with Crippen LogP contribution in [-0.2, 0) is 11.2 Å². The van der Waals surface area contributed by atoms with Crippen LogP contribution >= 0.6 is 0 Å². The molecule has 104 valence electrons. The maximum atomic E-state index is 12.0. The molecule has 0 saturated carbocycles. The molecular weight excluding hydrogens is 238 g/mol. The molecule has 1 aliphatic heterocycles. The Hall–Kier alpha value is -1.39. The molecule has 1 aromatic carbocycles. The van der Waals surface area contributed by atoms with Crippen LogP contribution in [0.4, 0.5) is 0 Å². The van der Waals surface area contributed by atoms with Crippen molar-refractivity contribution in [3.05, 3.63) is 35.9 Å². The Morgan fingerprint density at radius 2 is 2.21 bits per heavy atom. The predicted octanol–water partition coefficient (Wildman–Crippen LogP) is 0.767. The van der Waals surface area contributed by atoms with E-state index in [9.17, 15) is 4.79 Å². The number of benzene rings is 1. The van der Waals surface area contributed by atoms with Gasteiger partial charge in [0.2, 0.25) is 5.91 Å². The van der Waals surface area contributed by atoms with Gasteiger partial charge in [-0.25, -0.2) is 0 Å². The second-order valence-corrected chi connectivity index (χ2v) is 5.39. The summed E-state index contributed by atoms with van der Waals surface area (Å²) in [6.45, 7) is 1.97. The molecular formula is C15H23N3O. The molecule has 0 aliphatic carbocycles. The average Bonchev–Trinajstić information content (AvgIpc) is 2.82. The number of hydrogen-bond acceptors (Lipinski definition) is 3. The second kappa shape index (κ2) is 6.68. The summed E-state index contributed by atoms with van der Waals surface area (Å²) in [5, 5.41) is 3.04. The zero-order valence-electron chi connectivity index (χ0n) is 11.5. The van der Waals surface area contributed by atoms with Gasteiger partial charge in [-0.1, -0.05) is 30.3 Å². The lowest BCUT2D eigenvalue weighted by Crippen LogP contribution is -2.46. The number of rotatable bonds is 5. The van der Waals surface area contributed by atoms with E-state index in [1.807, 2.05) is 18.2 Å². The third-order valence-corrected chi connectivity index (χ3v) is 3.66. The van der Waals surface area contributed by atoms with Gasteiger partial charge in [0.25, 0.3) is 0 Å². The van der Waals surface area contributed by atoms with Gasteiger partial charge in [-0.05, 0) is 38.4 Å². The highest BCUT2D eigenvalue weighted by atomic mass is 16.2. The first kappa shape index (κ1) is 14.0. The summed E-state index contributed by atoms with van der Waals surface area (Å²) >= 11 is 0. The van der Waals surface area contributed by atoms with Crippen LogP contribution in [0.3, 0.4) is 0 Å². The third-order valence-electron chi connectivity index (χ3n) is 3.66. The highest BCUT2D eigenvalue weighted by Crippen LogP contribution is 2.08. The number of carbonyl (C=O) groups excluding carboxylic acids is 1. The van der Waals surface area contributed by atoms with Crippen molar-refractivity contribution in [2.75, 3.05) is 20.1 Å². The fourth-order valence-electron chi connectivity index (χ4n) is 2.46. The van der Waals surface area contributed by atoms with Gasteiger partial charge in [0.1, 0.15) is 0 Å². The molecule has 4 heteroatoms. The van der Waals surface area contributed by atoms with Gasteiger partial charge in [-0.3, -0.25) is 4.79 Å². The summed E-state index contributed by atoms with van der Waals surface area (Å²) < 4.78 is 0. The van der Waals surface area contributed by atoms with Crippen LogP contribution in [-0.4, -0.2) is 43.0 Å². The molecule has 1 aliphatic rings. The number of likely N-dealkylation sites (N-methyl/N-ethyl adjacent to an activating group) is 1. The van der Waals surface area contributed by atoms with Crippen molar-refractivity contribution >= 4 is 5.91 Å². The van der Waals surface area contributed by atoms with Gasteiger partial charge in [0.05, 0.1) is 6.04 Å². The lowest BCUT2D eigenvalue weighted by atomic mass is 10.1. The minimum absolute atomic E-state index is 0.0174. The van der Waals surface area contributed by atoms with E-state index in [1.54, 1.807) is 0 Å². The second-order valence-electron chi connectivity index (χ2n) is 5.39. The monoisotopic (exact) mass is 261 g/mol. The van der Waals surface area contributed by atoms with E-state index in [-0.39, 0.29) is 11.9 Å². The highest BCUT2D eigenvalue weighted by Gasteiger charge is 2.23. The Labute approximate surface area is 115 Å². The van der Waals surface area contributed by atoms with E-state index in [0.717, 1.165) is 25.9 Å². The Morgan fingerprint density at radius 1 is 1.47 bits per heavy atom. The molecule has 0 aromatic heterocycles. The predicted molar refractivity (Wildman–Crippen MR) is 76.8 cm³/mol. The van der Waals surface area contributed by atoms with Crippen LogP contribution in [0.2, 0.25) is 0 Å². The van der Waals surface area contributed by atoms with Crippen molar-refractivity contribution in [2.24, 2.45) is 5.73 Å². The maximum Gasteiger partial charge on any atom is 0.237 e. The van der Waals surface area contributed by atoms with E-state index >= 15 is 0 Å². The molecule has 1 saturated heterocycles. The van der Waals surface area contributed by atoms with Gasteiger partial charge in [0.15, 0.2) is 0 Å². The fraction of sp³-hybridized carbons (Fsp3) is 0.533. The maximum absolute atomic E-state index is 12.0. The summed E-state index contributed by atoms with van der Waals surface area (Å²) in [5.41, 5.74) is 7.18. The van der Waals surface area contributed by atoms with Crippen LogP contribution in [0, 0.1) is 0 Å². The fourth-order valence-corrected chi connectivity index (χ4v) is 2.46. The van der Waals surface area contributed by atoms with Crippen molar-refractivity contribution in [2.45, 2.75) is 31.3 Å². The summed E-state index contributed by atoms with van der Waals surface area (Å²) in [6.07, 6.45) is 2.56. The summed E-state index contributed by atoms with van der Waals surface area (Å²) in [4.78, 5) is 14.2. The SMILES string of the molecule is CN1CCC(NC(=O)C(N)CCc2ccccc2)C1. The largest absolute Gasteiger partial charge is 0.351 e. The van der Waals surface area contributed by atoms with Crippen molar-refractivity contribution in [1.29, 1.82) is 0 Å². The minimum atomic E-state index is -0.411. The van der Waals surface area contributed by atoms with Crippen molar-refractivity contribution in [3.63, 3.8) is 0 Å². The molecule has 4 nitrogen and oxygen atoms in total. The lowest BCUT2D eigenvalue weighted by molar-refractivity contribution is -0.123. The van der Waals surface area contributed by atoms with Crippen LogP contribution < -0.4 is 11.1 Å². The molecule has 0 radical (unpaired) electrons. The number of hydrogen-bond donors (Lipinski definition) is 2. The molecule has 2 rings (SSSR count). The van der Waals surface area contributed by atoms with E-state index in [0.29, 0.717) is 6.42 Å². The van der Waals surface area contributed by atoms with Crippen LogP contribution in [0.15, 0.2) is 30.3 Å². The van der Waals surface area contributed by atoms with Gasteiger partial charge in [-0.2, -0.15) is 0 Å². The summed E-state index contributed by atoms with van der Waals surface area (Å²) in [5.74, 6) is -0.0174. The van der Waals surface area contributed by atoms with Crippen LogP contribution in [0.25, 0.3) is 0 Å². The third kappa shape index (κ3) is 4.33. The quantitative estimate of drug-likeness (QED) is 0.823. The number of nitrogens with two attached hydrogens (primary N) is 1. The van der Waals surface area contributed by atoms with Gasteiger partial charge >= 0.3 is 0 Å². The molecule has 2 atom stereocenters. The number of nitrogens with zero attached hydrogens (tertiary/aromatic N) is 1. The normalized spacial score (nSPS) is 21.3. The molecule has 1 amide bonds. The van der Waals surface area contributed by atoms with Gasteiger partial charge in [-0.15, -0.1) is 0 Å². The highest BCUT2D eigenvalue weighted by molar-refractivity contribution is 5.81. The van der Waals surface area contributed by atoms with E-state index in [4.69, 9.17) is 5.73 Å². The standard InChI is InChI=1S/C15H23N3O/c1-18-10-9-13(11-18)17-15(19)14(16)8-7-12-5-3-2-4-6-12/h2-6,13-14H,7-11,16H2,1H3,(H,17,19). The summed E-state index contributed by atoms with van der Waals surface area (Å²) in [6, 6.07) is 10.00. The van der Waals surface area contributed by atoms with E-state index in [1.165, 1.54) is 5.56 Å². The Balaban J connectivity index is 1.73. The Bertz CT molecular complexity index is 407. The molecule has 1 fully saturated rings. The number of amides is 1. The molecule has 0 spiro atoms. The van der Waals surface area contributed by atoms with Gasteiger partial charge < -0.3 is 16.0 Å². The average molecular weight is 261 g/mol. The molecule has 0 bridgehead atoms. The van der Waals surface area contributed by atoms with E-state index < -0.39 is 6.04 Å². The number of carbonyl (C=O) groups is 1. The Kier molecular flexibility index (Phi) is 4.93. The molecule has 19 heavy (non-hydrogen) atoms. The molecule has 2 unspecified atom stereocenters. The lowest BCUT2D eigenvalue weighted by Gasteiger charge is -2.17. The zero-order valence-corrected chi connectivity index (χ0v) is 11.5. The molecule has 1 aromatic rings. The number of nitrogens with one attached hydrogen (secondary N) is 1. The van der Waals surface area contributed by atoms with Crippen molar-refractivity contribution in [3.8, 4) is 0 Å². The number of likely N-dealkylation sites (tertiary alicyclic amines) is 1. The van der Waals surface area contributed by atoms with Gasteiger partial charge in [0, 0.05) is 12.6 Å². The minimum Gasteiger partial charge on any atom is -0.351 e. The smallest absolute Gasteiger partial charge is 0.237 e. The van der Waals surface area contributed by atoms with Crippen molar-refractivity contribution < 1.29 is 4.79 Å². The topological polar surface area (TPSA) is 58.4 Å². The molecule has 1 heterocycles. The van der Waals surface area contributed by atoms with E-state index in [2.05, 4.69) is 29.4 Å².